The lowest BCUT2D eigenvalue weighted by Crippen LogP contribution is -2.46. The summed E-state index contributed by atoms with van der Waals surface area (Å²) in [6.45, 7) is 3.77. The van der Waals surface area contributed by atoms with Crippen molar-refractivity contribution in [2.24, 2.45) is 0 Å². The number of aromatic nitrogens is 3. The van der Waals surface area contributed by atoms with Crippen molar-refractivity contribution in [3.8, 4) is 0 Å². The van der Waals surface area contributed by atoms with Crippen molar-refractivity contribution in [2.75, 3.05) is 26.2 Å². The number of carbonyl (C=O) groups excluding carboxylic acids is 2. The second-order valence-electron chi connectivity index (χ2n) is 6.69. The molecule has 0 spiro atoms. The Bertz CT molecular complexity index is 819. The molecule has 1 atom stereocenters. The molecule has 1 aromatic heterocycles. The number of hydrogen-bond donors (Lipinski definition) is 0. The number of carbonyl (C=O) groups is 2. The van der Waals surface area contributed by atoms with E-state index in [4.69, 9.17) is 4.74 Å². The second-order valence-corrected chi connectivity index (χ2v) is 6.69. The summed E-state index contributed by atoms with van der Waals surface area (Å²) < 4.78 is 7.03. The third kappa shape index (κ3) is 3.14. The first kappa shape index (κ1) is 16.6. The van der Waals surface area contributed by atoms with Crippen LogP contribution >= 0.6 is 0 Å². The van der Waals surface area contributed by atoms with Gasteiger partial charge in [0.1, 0.15) is 19.0 Å². The predicted molar refractivity (Wildman–Crippen MR) is 92.3 cm³/mol. The minimum Gasteiger partial charge on any atom is -0.448 e. The molecule has 0 bridgehead atoms. The summed E-state index contributed by atoms with van der Waals surface area (Å²) in [4.78, 5) is 27.5. The summed E-state index contributed by atoms with van der Waals surface area (Å²) in [6.07, 6.45) is 0.373. The van der Waals surface area contributed by atoms with E-state index >= 15 is 0 Å². The lowest BCUT2D eigenvalue weighted by Gasteiger charge is -2.35. The maximum absolute atomic E-state index is 12.7. The molecule has 1 aromatic carbocycles. The largest absolute Gasteiger partial charge is 0.448 e. The minimum absolute atomic E-state index is 0.0456. The van der Waals surface area contributed by atoms with Crippen molar-refractivity contribution in [1.29, 1.82) is 0 Å². The number of hydrogen-bond acceptors (Lipinski definition) is 5. The first-order valence-electron chi connectivity index (χ1n) is 8.75. The number of benzene rings is 1. The van der Waals surface area contributed by atoms with Crippen molar-refractivity contribution in [3.05, 3.63) is 47.5 Å². The Hall–Kier alpha value is -2.90. The summed E-state index contributed by atoms with van der Waals surface area (Å²) in [5, 5.41) is 8.43. The summed E-state index contributed by atoms with van der Waals surface area (Å²) in [5.74, 6) is 1.55. The van der Waals surface area contributed by atoms with Gasteiger partial charge in [0, 0.05) is 6.54 Å². The van der Waals surface area contributed by atoms with Crippen LogP contribution in [0.4, 0.5) is 4.79 Å². The van der Waals surface area contributed by atoms with Crippen LogP contribution in [-0.2, 0) is 22.5 Å². The Morgan fingerprint density at radius 3 is 2.81 bits per heavy atom. The molecule has 26 heavy (non-hydrogen) atoms. The topological polar surface area (TPSA) is 80.6 Å². The summed E-state index contributed by atoms with van der Waals surface area (Å²) in [6, 6.07) is 10.3. The van der Waals surface area contributed by atoms with E-state index in [0.29, 0.717) is 26.2 Å². The fourth-order valence-electron chi connectivity index (χ4n) is 3.63. The molecule has 1 saturated heterocycles. The van der Waals surface area contributed by atoms with Gasteiger partial charge < -0.3 is 14.2 Å². The van der Waals surface area contributed by atoms with E-state index in [9.17, 15) is 9.59 Å². The zero-order valence-electron chi connectivity index (χ0n) is 14.7. The molecule has 0 radical (unpaired) electrons. The summed E-state index contributed by atoms with van der Waals surface area (Å²) in [5.41, 5.74) is 1.20. The molecule has 8 heteroatoms. The molecule has 4 rings (SSSR count). The number of aryl methyl sites for hydroxylation is 1. The normalized spacial score (nSPS) is 19.4. The third-order valence-electron chi connectivity index (χ3n) is 4.90. The van der Waals surface area contributed by atoms with Crippen LogP contribution in [0.25, 0.3) is 0 Å². The van der Waals surface area contributed by atoms with E-state index in [1.165, 1.54) is 10.5 Å². The van der Waals surface area contributed by atoms with Gasteiger partial charge in [-0.15, -0.1) is 10.2 Å². The highest BCUT2D eigenvalue weighted by atomic mass is 16.6. The Balaban J connectivity index is 1.53. The Morgan fingerprint density at radius 1 is 1.27 bits per heavy atom. The fraction of sp³-hybridized carbons (Fsp3) is 0.444. The number of amides is 2. The van der Waals surface area contributed by atoms with Gasteiger partial charge in [0.05, 0.1) is 19.1 Å². The minimum atomic E-state index is -0.421. The molecule has 0 saturated carbocycles. The van der Waals surface area contributed by atoms with Crippen molar-refractivity contribution in [2.45, 2.75) is 25.9 Å². The van der Waals surface area contributed by atoms with E-state index in [-0.39, 0.29) is 18.5 Å². The van der Waals surface area contributed by atoms with Gasteiger partial charge in [-0.25, -0.2) is 4.79 Å². The highest BCUT2D eigenvalue weighted by Crippen LogP contribution is 2.25. The van der Waals surface area contributed by atoms with Crippen LogP contribution in [0, 0.1) is 6.92 Å². The molecule has 3 heterocycles. The first-order valence-corrected chi connectivity index (χ1v) is 8.75. The van der Waals surface area contributed by atoms with Gasteiger partial charge in [0.2, 0.25) is 5.91 Å². The predicted octanol–water partition coefficient (Wildman–Crippen LogP) is 1.16. The lowest BCUT2D eigenvalue weighted by molar-refractivity contribution is -0.133. The van der Waals surface area contributed by atoms with Crippen LogP contribution in [0.1, 0.15) is 23.3 Å². The standard InChI is InChI=1S/C18H21N5O3/c1-13-19-20-16-11-22(17(24)12-21-7-8-26-18(21)25)10-15(23(13)16)9-14-5-3-2-4-6-14/h2-6,15H,7-12H2,1H3/t15-/m1/s1. The molecular formula is C18H21N5O3. The lowest BCUT2D eigenvalue weighted by atomic mass is 10.0. The Kier molecular flexibility index (Phi) is 4.32. The van der Waals surface area contributed by atoms with Crippen LogP contribution in [-0.4, -0.2) is 62.8 Å². The number of ether oxygens (including phenoxy) is 1. The second kappa shape index (κ2) is 6.78. The SMILES string of the molecule is Cc1nnc2n1[C@H](Cc1ccccc1)CN(C(=O)CN1CCOC1=O)C2. The summed E-state index contributed by atoms with van der Waals surface area (Å²) >= 11 is 0. The van der Waals surface area contributed by atoms with Gasteiger partial charge >= 0.3 is 6.09 Å². The first-order chi connectivity index (χ1) is 12.6. The molecule has 0 unspecified atom stereocenters. The molecule has 2 aromatic rings. The van der Waals surface area contributed by atoms with Gasteiger partial charge in [-0.1, -0.05) is 30.3 Å². The van der Waals surface area contributed by atoms with Crippen LogP contribution < -0.4 is 0 Å². The summed E-state index contributed by atoms with van der Waals surface area (Å²) in [7, 11) is 0. The van der Waals surface area contributed by atoms with Gasteiger partial charge in [-0.05, 0) is 18.9 Å². The van der Waals surface area contributed by atoms with Crippen molar-refractivity contribution in [3.63, 3.8) is 0 Å². The van der Waals surface area contributed by atoms with Crippen LogP contribution in [0.3, 0.4) is 0 Å². The zero-order chi connectivity index (χ0) is 18.1. The number of cyclic esters (lactones) is 1. The number of rotatable bonds is 4. The van der Waals surface area contributed by atoms with E-state index in [1.807, 2.05) is 25.1 Å². The van der Waals surface area contributed by atoms with Crippen LogP contribution in [0.2, 0.25) is 0 Å². The average Bonchev–Trinajstić information content (AvgIpc) is 3.22. The molecule has 2 aliphatic rings. The zero-order valence-corrected chi connectivity index (χ0v) is 14.7. The van der Waals surface area contributed by atoms with E-state index < -0.39 is 6.09 Å². The molecule has 2 amide bonds. The van der Waals surface area contributed by atoms with Crippen LogP contribution in [0.5, 0.6) is 0 Å². The molecule has 0 N–H and O–H groups in total. The fourth-order valence-corrected chi connectivity index (χ4v) is 3.63. The van der Waals surface area contributed by atoms with Gasteiger partial charge in [-0.2, -0.15) is 0 Å². The van der Waals surface area contributed by atoms with Gasteiger partial charge in [-0.3, -0.25) is 9.69 Å². The number of nitrogens with zero attached hydrogens (tertiary/aromatic N) is 5. The molecule has 136 valence electrons. The van der Waals surface area contributed by atoms with Gasteiger partial charge in [0.25, 0.3) is 0 Å². The van der Waals surface area contributed by atoms with Crippen molar-refractivity contribution in [1.82, 2.24) is 24.6 Å². The smallest absolute Gasteiger partial charge is 0.410 e. The van der Waals surface area contributed by atoms with Crippen LogP contribution in [0.15, 0.2) is 30.3 Å². The number of fused-ring (bicyclic) bond motifs is 1. The molecule has 1 fully saturated rings. The van der Waals surface area contributed by atoms with Gasteiger partial charge in [0.15, 0.2) is 5.82 Å². The molecule has 2 aliphatic heterocycles. The van der Waals surface area contributed by atoms with E-state index in [0.717, 1.165) is 18.1 Å². The maximum atomic E-state index is 12.7. The molecule has 8 nitrogen and oxygen atoms in total. The van der Waals surface area contributed by atoms with E-state index in [1.54, 1.807) is 4.90 Å². The third-order valence-corrected chi connectivity index (χ3v) is 4.90. The van der Waals surface area contributed by atoms with Crippen molar-refractivity contribution < 1.29 is 14.3 Å². The maximum Gasteiger partial charge on any atom is 0.410 e. The Labute approximate surface area is 151 Å². The Morgan fingerprint density at radius 2 is 2.08 bits per heavy atom. The van der Waals surface area contributed by atoms with E-state index in [2.05, 4.69) is 26.9 Å². The highest BCUT2D eigenvalue weighted by Gasteiger charge is 2.33. The quantitative estimate of drug-likeness (QED) is 0.822. The molecular weight excluding hydrogens is 334 g/mol. The molecule has 0 aliphatic carbocycles. The highest BCUT2D eigenvalue weighted by molar-refractivity contribution is 5.83. The van der Waals surface area contributed by atoms with Crippen molar-refractivity contribution >= 4 is 12.0 Å². The average molecular weight is 355 g/mol. The monoisotopic (exact) mass is 355 g/mol.